The maximum atomic E-state index is 13.2. The lowest BCUT2D eigenvalue weighted by molar-refractivity contribution is 0.0519. The number of aryl methyl sites for hydroxylation is 1. The van der Waals surface area contributed by atoms with Gasteiger partial charge in [0.1, 0.15) is 5.69 Å². The van der Waals surface area contributed by atoms with E-state index < -0.39 is 22.0 Å². The van der Waals surface area contributed by atoms with Gasteiger partial charge in [-0.3, -0.25) is 4.79 Å². The number of likely N-dealkylation sites (N-methyl/N-ethyl adjacent to an activating group) is 1. The number of sulfonamides is 1. The Labute approximate surface area is 165 Å². The first kappa shape index (κ1) is 21.8. The van der Waals surface area contributed by atoms with E-state index in [1.807, 2.05) is 0 Å². The average molecular weight is 407 g/mol. The zero-order valence-electron chi connectivity index (χ0n) is 16.8. The van der Waals surface area contributed by atoms with Gasteiger partial charge < -0.3 is 9.72 Å². The minimum atomic E-state index is -3.84. The van der Waals surface area contributed by atoms with E-state index in [4.69, 9.17) is 4.74 Å². The number of hydrogen-bond donors (Lipinski definition) is 1. The number of aromatic nitrogens is 1. The molecular weight excluding hydrogens is 380 g/mol. The number of benzene rings is 1. The number of ether oxygens (including phenoxy) is 1. The van der Waals surface area contributed by atoms with Crippen LogP contribution in [-0.4, -0.2) is 48.7 Å². The molecule has 0 aliphatic heterocycles. The summed E-state index contributed by atoms with van der Waals surface area (Å²) in [5.74, 6) is -0.915. The van der Waals surface area contributed by atoms with Gasteiger partial charge in [-0.1, -0.05) is 25.1 Å². The van der Waals surface area contributed by atoms with Crippen LogP contribution in [0, 0.1) is 13.8 Å². The van der Waals surface area contributed by atoms with Crippen LogP contribution in [0.4, 0.5) is 0 Å². The first-order chi connectivity index (χ1) is 13.2. The zero-order chi connectivity index (χ0) is 21.1. The third kappa shape index (κ3) is 4.02. The molecule has 1 atom stereocenters. The highest BCUT2D eigenvalue weighted by atomic mass is 32.2. The molecule has 0 fully saturated rings. The number of H-pyrrole nitrogens is 1. The molecule has 0 saturated carbocycles. The number of Topliss-reactive ketones (excluding diaryl/α,β-unsaturated/α-hetero) is 1. The van der Waals surface area contributed by atoms with E-state index in [1.165, 1.54) is 16.4 Å². The number of aromatic amines is 1. The molecule has 0 amide bonds. The smallest absolute Gasteiger partial charge is 0.355 e. The highest BCUT2D eigenvalue weighted by molar-refractivity contribution is 7.89. The van der Waals surface area contributed by atoms with E-state index in [0.29, 0.717) is 16.8 Å². The van der Waals surface area contributed by atoms with Gasteiger partial charge in [0, 0.05) is 17.8 Å². The third-order valence-electron chi connectivity index (χ3n) is 4.64. The van der Waals surface area contributed by atoms with E-state index in [9.17, 15) is 18.0 Å². The van der Waals surface area contributed by atoms with Gasteiger partial charge in [-0.05, 0) is 45.4 Å². The predicted octanol–water partition coefficient (Wildman–Crippen LogP) is 3.09. The van der Waals surface area contributed by atoms with Crippen LogP contribution in [0.5, 0.6) is 0 Å². The number of nitrogens with one attached hydrogen (secondary N) is 1. The van der Waals surface area contributed by atoms with Gasteiger partial charge >= 0.3 is 5.97 Å². The Morgan fingerprint density at radius 1 is 1.14 bits per heavy atom. The summed E-state index contributed by atoms with van der Waals surface area (Å²) in [5, 5.41) is 0. The minimum Gasteiger partial charge on any atom is -0.461 e. The van der Waals surface area contributed by atoms with Gasteiger partial charge in [0.25, 0.3) is 0 Å². The fraction of sp³-hybridized carbons (Fsp3) is 0.400. The van der Waals surface area contributed by atoms with Gasteiger partial charge in [0.2, 0.25) is 10.0 Å². The van der Waals surface area contributed by atoms with E-state index in [2.05, 4.69) is 4.98 Å². The summed E-state index contributed by atoms with van der Waals surface area (Å²) < 4.78 is 32.2. The molecule has 152 valence electrons. The monoisotopic (exact) mass is 406 g/mol. The second-order valence-corrected chi connectivity index (χ2v) is 8.30. The Hall–Kier alpha value is -2.45. The van der Waals surface area contributed by atoms with Crippen molar-refractivity contribution in [2.45, 2.75) is 45.6 Å². The van der Waals surface area contributed by atoms with Crippen LogP contribution in [0.2, 0.25) is 0 Å². The molecule has 28 heavy (non-hydrogen) atoms. The number of rotatable bonds is 8. The average Bonchev–Trinajstić information content (AvgIpc) is 2.96. The number of esters is 1. The van der Waals surface area contributed by atoms with E-state index in [0.717, 1.165) is 0 Å². The van der Waals surface area contributed by atoms with Crippen LogP contribution in [0.3, 0.4) is 0 Å². The van der Waals surface area contributed by atoms with E-state index in [1.54, 1.807) is 52.8 Å². The number of hydrogen-bond acceptors (Lipinski definition) is 5. The molecule has 0 saturated heterocycles. The SMILES string of the molecule is CCOC(=O)c1[nH]c(C)c(C(=O)C(C)N(CC)S(=O)(=O)c2ccccc2)c1C. The molecule has 0 bridgehead atoms. The molecule has 1 unspecified atom stereocenters. The Morgan fingerprint density at radius 2 is 1.75 bits per heavy atom. The molecule has 2 aromatic rings. The van der Waals surface area contributed by atoms with E-state index >= 15 is 0 Å². The van der Waals surface area contributed by atoms with Crippen LogP contribution in [-0.2, 0) is 14.8 Å². The van der Waals surface area contributed by atoms with Crippen molar-refractivity contribution in [1.29, 1.82) is 0 Å². The molecular formula is C20H26N2O5S. The van der Waals surface area contributed by atoms with Crippen molar-refractivity contribution < 1.29 is 22.7 Å². The molecule has 1 aromatic heterocycles. The van der Waals surface area contributed by atoms with Crippen molar-refractivity contribution in [3.05, 3.63) is 52.8 Å². The maximum absolute atomic E-state index is 13.2. The molecule has 2 rings (SSSR count). The maximum Gasteiger partial charge on any atom is 0.355 e. The van der Waals surface area contributed by atoms with Gasteiger partial charge in [-0.25, -0.2) is 13.2 Å². The molecule has 1 aromatic carbocycles. The van der Waals surface area contributed by atoms with Crippen LogP contribution in [0.1, 0.15) is 52.9 Å². The van der Waals surface area contributed by atoms with Crippen molar-refractivity contribution in [3.8, 4) is 0 Å². The Bertz CT molecular complexity index is 964. The van der Waals surface area contributed by atoms with Crippen molar-refractivity contribution in [2.75, 3.05) is 13.2 Å². The third-order valence-corrected chi connectivity index (χ3v) is 6.70. The van der Waals surface area contributed by atoms with Gasteiger partial charge in [-0.15, -0.1) is 0 Å². The van der Waals surface area contributed by atoms with Crippen molar-refractivity contribution in [3.63, 3.8) is 0 Å². The summed E-state index contributed by atoms with van der Waals surface area (Å²) in [5.41, 5.74) is 1.49. The summed E-state index contributed by atoms with van der Waals surface area (Å²) in [4.78, 5) is 28.3. The lowest BCUT2D eigenvalue weighted by Crippen LogP contribution is -2.43. The van der Waals surface area contributed by atoms with E-state index in [-0.39, 0.29) is 29.5 Å². The molecule has 0 radical (unpaired) electrons. The Balaban J connectivity index is 2.42. The molecule has 0 spiro atoms. The van der Waals surface area contributed by atoms with Crippen LogP contribution in [0.15, 0.2) is 35.2 Å². The first-order valence-corrected chi connectivity index (χ1v) is 10.6. The van der Waals surface area contributed by atoms with Crippen molar-refractivity contribution in [2.24, 2.45) is 0 Å². The minimum absolute atomic E-state index is 0.131. The second kappa shape index (κ2) is 8.70. The largest absolute Gasteiger partial charge is 0.461 e. The molecule has 7 nitrogen and oxygen atoms in total. The summed E-state index contributed by atoms with van der Waals surface area (Å²) in [6, 6.07) is 7.08. The molecule has 0 aliphatic rings. The standard InChI is InChI=1S/C20H26N2O5S/c1-6-22(28(25,26)16-11-9-8-10-12-16)15(5)19(23)17-13(3)18(21-14(17)4)20(24)27-7-2/h8-12,15,21H,6-7H2,1-5H3. The lowest BCUT2D eigenvalue weighted by atomic mass is 10.0. The Morgan fingerprint density at radius 3 is 2.29 bits per heavy atom. The number of nitrogens with zero attached hydrogens (tertiary/aromatic N) is 1. The fourth-order valence-corrected chi connectivity index (χ4v) is 4.87. The summed E-state index contributed by atoms with van der Waals surface area (Å²) in [6.07, 6.45) is 0. The van der Waals surface area contributed by atoms with Crippen LogP contribution in [0.25, 0.3) is 0 Å². The van der Waals surface area contributed by atoms with Crippen LogP contribution >= 0.6 is 0 Å². The van der Waals surface area contributed by atoms with Crippen LogP contribution < -0.4 is 0 Å². The second-order valence-electron chi connectivity index (χ2n) is 6.41. The topological polar surface area (TPSA) is 96.5 Å². The van der Waals surface area contributed by atoms with Gasteiger partial charge in [0.05, 0.1) is 17.5 Å². The summed E-state index contributed by atoms with van der Waals surface area (Å²) in [7, 11) is -3.84. The first-order valence-electron chi connectivity index (χ1n) is 9.14. The summed E-state index contributed by atoms with van der Waals surface area (Å²) in [6.45, 7) is 8.62. The highest BCUT2D eigenvalue weighted by Crippen LogP contribution is 2.25. The predicted molar refractivity (Wildman–Crippen MR) is 106 cm³/mol. The molecule has 0 aliphatic carbocycles. The van der Waals surface area contributed by atoms with Gasteiger partial charge in [-0.2, -0.15) is 4.31 Å². The number of carbonyl (C=O) groups excluding carboxylic acids is 2. The quantitative estimate of drug-likeness (QED) is 0.537. The lowest BCUT2D eigenvalue weighted by Gasteiger charge is -2.26. The van der Waals surface area contributed by atoms with Gasteiger partial charge in [0.15, 0.2) is 5.78 Å². The summed E-state index contributed by atoms with van der Waals surface area (Å²) >= 11 is 0. The van der Waals surface area contributed by atoms with Crippen molar-refractivity contribution >= 4 is 21.8 Å². The fourth-order valence-electron chi connectivity index (χ4n) is 3.25. The molecule has 8 heteroatoms. The molecule has 1 heterocycles. The normalized spacial score (nSPS) is 12.8. The molecule has 1 N–H and O–H groups in total. The number of carbonyl (C=O) groups is 2. The van der Waals surface area contributed by atoms with Crippen molar-refractivity contribution in [1.82, 2.24) is 9.29 Å². The Kier molecular flexibility index (Phi) is 6.79. The zero-order valence-corrected chi connectivity index (χ0v) is 17.6. The number of ketones is 1. The highest BCUT2D eigenvalue weighted by Gasteiger charge is 2.34.